The molecule has 0 aliphatic carbocycles. The summed E-state index contributed by atoms with van der Waals surface area (Å²) in [5, 5.41) is 2.83. The standard InChI is InChI=1S/C12H10N6O/c19-12-6-3-8(18-7(6)1-2-13-12)9-10-11(16-4-14-9)17-5-15-10/h3-5,18H,1-2H2,(H,13,19)(H,14,15,16,17)/p+1. The number of aromatic amines is 3. The smallest absolute Gasteiger partial charge is 0.289 e. The maximum absolute atomic E-state index is 11.8. The lowest BCUT2D eigenvalue weighted by Gasteiger charge is -2.10. The number of nitrogens with one attached hydrogen (secondary N) is 4. The Balaban J connectivity index is 1.93. The second-order valence-corrected chi connectivity index (χ2v) is 4.46. The predicted molar refractivity (Wildman–Crippen MR) is 66.3 cm³/mol. The van der Waals surface area contributed by atoms with Gasteiger partial charge < -0.3 is 15.3 Å². The third-order valence-corrected chi connectivity index (χ3v) is 3.33. The first-order chi connectivity index (χ1) is 9.33. The second-order valence-electron chi connectivity index (χ2n) is 4.46. The lowest BCUT2D eigenvalue weighted by molar-refractivity contribution is -0.352. The zero-order valence-corrected chi connectivity index (χ0v) is 9.95. The number of H-pyrrole nitrogens is 3. The Hall–Kier alpha value is -2.70. The van der Waals surface area contributed by atoms with Crippen LogP contribution >= 0.6 is 0 Å². The Morgan fingerprint density at radius 2 is 2.26 bits per heavy atom. The number of carbonyl (C=O) groups excluding carboxylic acids is 1. The average molecular weight is 255 g/mol. The molecule has 0 aromatic carbocycles. The van der Waals surface area contributed by atoms with Crippen LogP contribution in [0.4, 0.5) is 0 Å². The van der Waals surface area contributed by atoms with Crippen molar-refractivity contribution < 1.29 is 9.78 Å². The SMILES string of the molecule is O=C1NCCc2[nH]c(-c3nc[nH+]c4nc[nH]c34)cc21. The van der Waals surface area contributed by atoms with Gasteiger partial charge in [0, 0.05) is 18.7 Å². The fraction of sp³-hybridized carbons (Fsp3) is 0.167. The van der Waals surface area contributed by atoms with Crippen molar-refractivity contribution in [3.8, 4) is 11.4 Å². The van der Waals surface area contributed by atoms with Gasteiger partial charge in [0.15, 0.2) is 17.5 Å². The van der Waals surface area contributed by atoms with E-state index in [1.807, 2.05) is 6.07 Å². The molecule has 0 radical (unpaired) electrons. The minimum absolute atomic E-state index is 0.0351. The molecule has 1 aliphatic rings. The number of imidazole rings is 1. The Morgan fingerprint density at radius 3 is 3.16 bits per heavy atom. The number of rotatable bonds is 1. The van der Waals surface area contributed by atoms with Gasteiger partial charge in [-0.25, -0.2) is 4.98 Å². The van der Waals surface area contributed by atoms with Gasteiger partial charge in [0.05, 0.1) is 11.3 Å². The summed E-state index contributed by atoms with van der Waals surface area (Å²) in [4.78, 5) is 29.5. The van der Waals surface area contributed by atoms with E-state index in [2.05, 4.69) is 30.2 Å². The van der Waals surface area contributed by atoms with Crippen LogP contribution < -0.4 is 10.3 Å². The Morgan fingerprint density at radius 1 is 1.32 bits per heavy atom. The summed E-state index contributed by atoms with van der Waals surface area (Å²) in [7, 11) is 0. The number of hydrogen-bond donors (Lipinski definition) is 3. The molecule has 1 amide bonds. The van der Waals surface area contributed by atoms with Crippen molar-refractivity contribution in [2.24, 2.45) is 0 Å². The molecule has 0 saturated heterocycles. The Labute approximate surface area is 107 Å². The molecule has 3 aromatic rings. The van der Waals surface area contributed by atoms with Gasteiger partial charge in [0.2, 0.25) is 6.33 Å². The van der Waals surface area contributed by atoms with E-state index >= 15 is 0 Å². The molecule has 4 heterocycles. The van der Waals surface area contributed by atoms with Crippen molar-refractivity contribution in [2.75, 3.05) is 6.54 Å². The molecular formula is C12H11N6O+. The fourth-order valence-corrected chi connectivity index (χ4v) is 2.43. The highest BCUT2D eigenvalue weighted by atomic mass is 16.1. The van der Waals surface area contributed by atoms with E-state index in [4.69, 9.17) is 0 Å². The number of aromatic nitrogens is 5. The van der Waals surface area contributed by atoms with E-state index in [0.717, 1.165) is 34.7 Å². The molecule has 0 bridgehead atoms. The van der Waals surface area contributed by atoms with Crippen LogP contribution in [-0.2, 0) is 6.42 Å². The molecule has 19 heavy (non-hydrogen) atoms. The summed E-state index contributed by atoms with van der Waals surface area (Å²) in [6.45, 7) is 0.668. The zero-order chi connectivity index (χ0) is 12.8. The molecular weight excluding hydrogens is 244 g/mol. The van der Waals surface area contributed by atoms with Crippen molar-refractivity contribution in [2.45, 2.75) is 6.42 Å². The monoisotopic (exact) mass is 255 g/mol. The van der Waals surface area contributed by atoms with E-state index < -0.39 is 0 Å². The van der Waals surface area contributed by atoms with E-state index in [1.54, 1.807) is 12.7 Å². The van der Waals surface area contributed by atoms with Gasteiger partial charge in [-0.2, -0.15) is 0 Å². The van der Waals surface area contributed by atoms with Crippen LogP contribution in [-0.4, -0.2) is 32.4 Å². The maximum Gasteiger partial charge on any atom is 0.289 e. The quantitative estimate of drug-likeness (QED) is 0.572. The zero-order valence-electron chi connectivity index (χ0n) is 9.95. The van der Waals surface area contributed by atoms with Crippen LogP contribution in [0.5, 0.6) is 0 Å². The lowest BCUT2D eigenvalue weighted by atomic mass is 10.1. The molecule has 4 rings (SSSR count). The predicted octanol–water partition coefficient (Wildman–Crippen LogP) is 0.0530. The summed E-state index contributed by atoms with van der Waals surface area (Å²) < 4.78 is 0. The van der Waals surface area contributed by atoms with Gasteiger partial charge in [-0.15, -0.1) is 4.98 Å². The number of carbonyl (C=O) groups is 1. The number of nitrogens with zero attached hydrogens (tertiary/aromatic N) is 2. The van der Waals surface area contributed by atoms with Crippen LogP contribution in [0, 0.1) is 0 Å². The van der Waals surface area contributed by atoms with Crippen molar-refractivity contribution in [3.63, 3.8) is 0 Å². The average Bonchev–Trinajstić information content (AvgIpc) is 3.05. The first-order valence-electron chi connectivity index (χ1n) is 6.03. The van der Waals surface area contributed by atoms with Crippen LogP contribution in [0.25, 0.3) is 22.6 Å². The van der Waals surface area contributed by atoms with Gasteiger partial charge >= 0.3 is 0 Å². The summed E-state index contributed by atoms with van der Waals surface area (Å²) >= 11 is 0. The van der Waals surface area contributed by atoms with Gasteiger partial charge in [-0.3, -0.25) is 4.79 Å². The maximum atomic E-state index is 11.8. The van der Waals surface area contributed by atoms with Gasteiger partial charge in [-0.1, -0.05) is 4.98 Å². The molecule has 0 fully saturated rings. The fourth-order valence-electron chi connectivity index (χ4n) is 2.43. The highest BCUT2D eigenvalue weighted by Crippen LogP contribution is 2.25. The van der Waals surface area contributed by atoms with E-state index in [-0.39, 0.29) is 5.91 Å². The van der Waals surface area contributed by atoms with Crippen LogP contribution in [0.1, 0.15) is 16.1 Å². The van der Waals surface area contributed by atoms with E-state index in [1.165, 1.54) is 0 Å². The molecule has 3 aromatic heterocycles. The topological polar surface area (TPSA) is 101 Å². The highest BCUT2D eigenvalue weighted by Gasteiger charge is 2.23. The molecule has 7 heteroatoms. The molecule has 0 unspecified atom stereocenters. The van der Waals surface area contributed by atoms with Crippen molar-refractivity contribution in [1.82, 2.24) is 25.3 Å². The normalized spacial score (nSPS) is 14.4. The third kappa shape index (κ3) is 1.44. The third-order valence-electron chi connectivity index (χ3n) is 3.33. The van der Waals surface area contributed by atoms with Crippen molar-refractivity contribution in [1.29, 1.82) is 0 Å². The van der Waals surface area contributed by atoms with Gasteiger partial charge in [0.25, 0.3) is 11.6 Å². The number of amides is 1. The summed E-state index contributed by atoms with van der Waals surface area (Å²) in [5.41, 5.74) is 4.80. The van der Waals surface area contributed by atoms with E-state index in [9.17, 15) is 4.79 Å². The summed E-state index contributed by atoms with van der Waals surface area (Å²) in [5.74, 6) is -0.0351. The minimum atomic E-state index is -0.0351. The van der Waals surface area contributed by atoms with Crippen LogP contribution in [0.2, 0.25) is 0 Å². The minimum Gasteiger partial charge on any atom is -0.355 e. The second kappa shape index (κ2) is 3.64. The number of fused-ring (bicyclic) bond motifs is 2. The Bertz CT molecular complexity index is 786. The molecule has 7 nitrogen and oxygen atoms in total. The molecule has 1 aliphatic heterocycles. The first-order valence-corrected chi connectivity index (χ1v) is 6.03. The summed E-state index contributed by atoms with van der Waals surface area (Å²) in [6, 6.07) is 1.84. The summed E-state index contributed by atoms with van der Waals surface area (Å²) in [6.07, 6.45) is 4.02. The Kier molecular flexibility index (Phi) is 1.96. The van der Waals surface area contributed by atoms with E-state index in [0.29, 0.717) is 12.1 Å². The van der Waals surface area contributed by atoms with Crippen LogP contribution in [0.15, 0.2) is 18.7 Å². The first kappa shape index (κ1) is 10.2. The molecule has 0 atom stereocenters. The molecule has 0 spiro atoms. The van der Waals surface area contributed by atoms with Gasteiger partial charge in [0.1, 0.15) is 0 Å². The molecule has 94 valence electrons. The van der Waals surface area contributed by atoms with Crippen molar-refractivity contribution in [3.05, 3.63) is 30.0 Å². The lowest BCUT2D eigenvalue weighted by Crippen LogP contribution is -2.31. The largest absolute Gasteiger partial charge is 0.355 e. The molecule has 4 N–H and O–H groups in total. The molecule has 0 saturated carbocycles. The highest BCUT2D eigenvalue weighted by molar-refractivity contribution is 5.98. The van der Waals surface area contributed by atoms with Crippen LogP contribution in [0.3, 0.4) is 0 Å². The number of hydrogen-bond acceptors (Lipinski definition) is 3. The van der Waals surface area contributed by atoms with Gasteiger partial charge in [-0.05, 0) is 6.07 Å². The van der Waals surface area contributed by atoms with Crippen molar-refractivity contribution >= 4 is 17.1 Å².